The SMILES string of the molecule is CC(NC(=O)CSc1nc(CN2CCOCC2)nc2sc3c(c12)CCCC3)C1CC1. The molecule has 3 heterocycles. The number of thioether (sulfide) groups is 1. The number of nitrogens with one attached hydrogen (secondary N) is 1. The van der Waals surface area contributed by atoms with Crippen LogP contribution in [0.25, 0.3) is 10.2 Å². The highest BCUT2D eigenvalue weighted by molar-refractivity contribution is 8.00. The van der Waals surface area contributed by atoms with Gasteiger partial charge < -0.3 is 10.1 Å². The number of nitrogens with zero attached hydrogens (tertiary/aromatic N) is 3. The summed E-state index contributed by atoms with van der Waals surface area (Å²) in [6.07, 6.45) is 7.24. The van der Waals surface area contributed by atoms with E-state index in [1.165, 1.54) is 41.5 Å². The second-order valence-corrected chi connectivity index (χ2v) is 10.8. The zero-order chi connectivity index (χ0) is 20.5. The lowest BCUT2D eigenvalue weighted by Gasteiger charge is -2.25. The zero-order valence-corrected chi connectivity index (χ0v) is 19.2. The van der Waals surface area contributed by atoms with Crippen molar-refractivity contribution < 1.29 is 9.53 Å². The number of aryl methyl sites for hydroxylation is 2. The Kier molecular flexibility index (Phi) is 6.27. The Balaban J connectivity index is 1.38. The van der Waals surface area contributed by atoms with Gasteiger partial charge in [0.25, 0.3) is 0 Å². The average molecular weight is 447 g/mol. The molecule has 1 unspecified atom stereocenters. The molecule has 1 amide bonds. The number of hydrogen-bond acceptors (Lipinski definition) is 7. The van der Waals surface area contributed by atoms with Crippen LogP contribution < -0.4 is 5.32 Å². The van der Waals surface area contributed by atoms with Crippen molar-refractivity contribution in [2.24, 2.45) is 5.92 Å². The van der Waals surface area contributed by atoms with Gasteiger partial charge in [-0.1, -0.05) is 11.8 Å². The number of carbonyl (C=O) groups excluding carboxylic acids is 1. The minimum absolute atomic E-state index is 0.116. The van der Waals surface area contributed by atoms with Gasteiger partial charge in [0.15, 0.2) is 0 Å². The number of thiophene rings is 1. The smallest absolute Gasteiger partial charge is 0.230 e. The molecule has 162 valence electrons. The number of carbonyl (C=O) groups is 1. The van der Waals surface area contributed by atoms with E-state index in [4.69, 9.17) is 14.7 Å². The van der Waals surface area contributed by atoms with Crippen LogP contribution in [0.5, 0.6) is 0 Å². The van der Waals surface area contributed by atoms with Gasteiger partial charge in [-0.15, -0.1) is 11.3 Å². The molecule has 5 rings (SSSR count). The quantitative estimate of drug-likeness (QED) is 0.519. The Morgan fingerprint density at radius 2 is 2.07 bits per heavy atom. The highest BCUT2D eigenvalue weighted by Gasteiger charge is 2.29. The van der Waals surface area contributed by atoms with Crippen LogP contribution in [0, 0.1) is 5.92 Å². The number of hydrogen-bond donors (Lipinski definition) is 1. The Bertz CT molecular complexity index is 921. The van der Waals surface area contributed by atoms with E-state index >= 15 is 0 Å². The number of amides is 1. The highest BCUT2D eigenvalue weighted by Crippen LogP contribution is 2.40. The Morgan fingerprint density at radius 3 is 2.87 bits per heavy atom. The van der Waals surface area contributed by atoms with E-state index in [2.05, 4.69) is 17.1 Å². The van der Waals surface area contributed by atoms with Crippen molar-refractivity contribution in [1.82, 2.24) is 20.2 Å². The van der Waals surface area contributed by atoms with Crippen LogP contribution in [-0.4, -0.2) is 58.9 Å². The van der Waals surface area contributed by atoms with E-state index in [-0.39, 0.29) is 11.9 Å². The van der Waals surface area contributed by atoms with Crippen molar-refractivity contribution in [2.45, 2.75) is 63.1 Å². The van der Waals surface area contributed by atoms with Crippen molar-refractivity contribution in [3.63, 3.8) is 0 Å². The van der Waals surface area contributed by atoms with Gasteiger partial charge in [-0.25, -0.2) is 9.97 Å². The van der Waals surface area contributed by atoms with Crippen LogP contribution in [0.15, 0.2) is 5.03 Å². The summed E-state index contributed by atoms with van der Waals surface area (Å²) in [5, 5.41) is 5.39. The van der Waals surface area contributed by atoms with Crippen LogP contribution in [-0.2, 0) is 28.9 Å². The molecule has 0 radical (unpaired) electrons. The van der Waals surface area contributed by atoms with Gasteiger partial charge in [0.05, 0.1) is 25.5 Å². The first-order valence-corrected chi connectivity index (χ1v) is 13.0. The average Bonchev–Trinajstić information content (AvgIpc) is 3.53. The summed E-state index contributed by atoms with van der Waals surface area (Å²) < 4.78 is 5.48. The lowest BCUT2D eigenvalue weighted by molar-refractivity contribution is -0.119. The number of rotatable bonds is 7. The topological polar surface area (TPSA) is 67.4 Å². The van der Waals surface area contributed by atoms with Gasteiger partial charge in [0, 0.05) is 29.4 Å². The predicted molar refractivity (Wildman–Crippen MR) is 121 cm³/mol. The molecule has 6 nitrogen and oxygen atoms in total. The molecule has 2 fully saturated rings. The van der Waals surface area contributed by atoms with Crippen molar-refractivity contribution in [2.75, 3.05) is 32.1 Å². The van der Waals surface area contributed by atoms with Crippen molar-refractivity contribution >= 4 is 39.2 Å². The summed E-state index contributed by atoms with van der Waals surface area (Å²) >= 11 is 3.43. The lowest BCUT2D eigenvalue weighted by atomic mass is 9.97. The first-order chi connectivity index (χ1) is 14.7. The normalized spacial score (nSPS) is 20.8. The van der Waals surface area contributed by atoms with E-state index in [0.29, 0.717) is 11.7 Å². The molecule has 2 aromatic rings. The maximum absolute atomic E-state index is 12.5. The molecule has 1 atom stereocenters. The zero-order valence-electron chi connectivity index (χ0n) is 17.6. The molecule has 2 aromatic heterocycles. The standard InChI is InChI=1S/C22H30N4O2S2/c1-14(15-6-7-15)23-19(27)13-29-21-20-16-4-2-3-5-17(16)30-22(20)25-18(24-21)12-26-8-10-28-11-9-26/h14-15H,2-13H2,1H3,(H,23,27). The largest absolute Gasteiger partial charge is 0.379 e. The number of aromatic nitrogens is 2. The van der Waals surface area contributed by atoms with Gasteiger partial charge in [-0.2, -0.15) is 0 Å². The molecule has 0 bridgehead atoms. The van der Waals surface area contributed by atoms with Gasteiger partial charge in [-0.3, -0.25) is 9.69 Å². The summed E-state index contributed by atoms with van der Waals surface area (Å²) in [7, 11) is 0. The molecule has 8 heteroatoms. The first-order valence-electron chi connectivity index (χ1n) is 11.2. The van der Waals surface area contributed by atoms with Crippen LogP contribution in [0.3, 0.4) is 0 Å². The second-order valence-electron chi connectivity index (χ2n) is 8.71. The molecule has 0 spiro atoms. The Morgan fingerprint density at radius 1 is 1.27 bits per heavy atom. The molecular formula is C22H30N4O2S2. The third kappa shape index (κ3) is 4.66. The number of fused-ring (bicyclic) bond motifs is 3. The molecule has 1 saturated heterocycles. The molecule has 3 aliphatic rings. The molecule has 1 N–H and O–H groups in total. The molecule has 1 aliphatic heterocycles. The Hall–Kier alpha value is -1.22. The minimum Gasteiger partial charge on any atom is -0.379 e. The molecular weight excluding hydrogens is 416 g/mol. The van der Waals surface area contributed by atoms with E-state index in [1.54, 1.807) is 11.8 Å². The summed E-state index contributed by atoms with van der Waals surface area (Å²) in [5.41, 5.74) is 1.44. The fraction of sp³-hybridized carbons (Fsp3) is 0.682. The summed E-state index contributed by atoms with van der Waals surface area (Å²) in [4.78, 5) is 27.4. The third-order valence-corrected chi connectivity index (χ3v) is 8.52. The van der Waals surface area contributed by atoms with Crippen LogP contribution in [0.2, 0.25) is 0 Å². The summed E-state index contributed by atoms with van der Waals surface area (Å²) in [6.45, 7) is 6.27. The monoisotopic (exact) mass is 446 g/mol. The van der Waals surface area contributed by atoms with Gasteiger partial charge in [-0.05, 0) is 56.9 Å². The van der Waals surface area contributed by atoms with E-state index < -0.39 is 0 Å². The first kappa shape index (κ1) is 20.7. The van der Waals surface area contributed by atoms with Crippen LogP contribution in [0.4, 0.5) is 0 Å². The summed E-state index contributed by atoms with van der Waals surface area (Å²) in [6, 6.07) is 0.286. The highest BCUT2D eigenvalue weighted by atomic mass is 32.2. The fourth-order valence-electron chi connectivity index (χ4n) is 4.44. The molecule has 30 heavy (non-hydrogen) atoms. The van der Waals surface area contributed by atoms with Gasteiger partial charge >= 0.3 is 0 Å². The second kappa shape index (κ2) is 9.10. The van der Waals surface area contributed by atoms with Crippen molar-refractivity contribution in [1.29, 1.82) is 0 Å². The van der Waals surface area contributed by atoms with Gasteiger partial charge in [0.1, 0.15) is 15.7 Å². The van der Waals surface area contributed by atoms with E-state index in [1.807, 2.05) is 11.3 Å². The predicted octanol–water partition coefficient (Wildman–Crippen LogP) is 3.41. The minimum atomic E-state index is 0.116. The maximum Gasteiger partial charge on any atom is 0.230 e. The van der Waals surface area contributed by atoms with Crippen molar-refractivity contribution in [3.05, 3.63) is 16.3 Å². The van der Waals surface area contributed by atoms with E-state index in [0.717, 1.165) is 61.4 Å². The molecule has 2 aliphatic carbocycles. The fourth-order valence-corrected chi connectivity index (χ4v) is 6.67. The maximum atomic E-state index is 12.5. The number of ether oxygens (including phenoxy) is 1. The van der Waals surface area contributed by atoms with Crippen molar-refractivity contribution in [3.8, 4) is 0 Å². The third-order valence-electron chi connectivity index (χ3n) is 6.35. The van der Waals surface area contributed by atoms with Crippen LogP contribution >= 0.6 is 23.1 Å². The Labute approximate surface area is 186 Å². The van der Waals surface area contributed by atoms with Gasteiger partial charge in [0.2, 0.25) is 5.91 Å². The molecule has 0 aromatic carbocycles. The van der Waals surface area contributed by atoms with Crippen LogP contribution in [0.1, 0.15) is 48.9 Å². The number of morpholine rings is 1. The lowest BCUT2D eigenvalue weighted by Crippen LogP contribution is -2.36. The van der Waals surface area contributed by atoms with E-state index in [9.17, 15) is 4.79 Å². The summed E-state index contributed by atoms with van der Waals surface area (Å²) in [5.74, 6) is 2.08. The molecule has 1 saturated carbocycles.